The van der Waals surface area contributed by atoms with E-state index in [-0.39, 0.29) is 12.1 Å². The van der Waals surface area contributed by atoms with Gasteiger partial charge in [0, 0.05) is 11.6 Å². The van der Waals surface area contributed by atoms with E-state index < -0.39 is 0 Å². The lowest BCUT2D eigenvalue weighted by atomic mass is 10.1. The molecule has 0 spiro atoms. The number of rotatable bonds is 4. The fraction of sp³-hybridized carbons (Fsp3) is 0.333. The monoisotopic (exact) mass is 191 g/mol. The Labute approximate surface area is 85.4 Å². The second-order valence-electron chi connectivity index (χ2n) is 3.39. The number of para-hydroxylation sites is 1. The summed E-state index contributed by atoms with van der Waals surface area (Å²) in [5, 5.41) is 0. The lowest BCUT2D eigenvalue weighted by Gasteiger charge is -2.16. The smallest absolute Gasteiger partial charge is 0.124 e. The molecule has 0 aliphatic heterocycles. The van der Waals surface area contributed by atoms with Gasteiger partial charge in [-0.3, -0.25) is 0 Å². The standard InChI is InChI=1S/C12H17NO/c1-4-9(2)14-12-8-6-5-7-11(12)10(3)13/h4-10H,1,13H2,2-3H3/t9?,10-/m0/s1. The van der Waals surface area contributed by atoms with Crippen LogP contribution in [-0.2, 0) is 0 Å². The lowest BCUT2D eigenvalue weighted by molar-refractivity contribution is 0.266. The number of hydrogen-bond acceptors (Lipinski definition) is 2. The van der Waals surface area contributed by atoms with Crippen LogP contribution < -0.4 is 10.5 Å². The Morgan fingerprint density at radius 2 is 2.00 bits per heavy atom. The summed E-state index contributed by atoms with van der Waals surface area (Å²) < 4.78 is 5.66. The fourth-order valence-corrected chi connectivity index (χ4v) is 1.21. The molecule has 1 aromatic carbocycles. The summed E-state index contributed by atoms with van der Waals surface area (Å²) in [5.41, 5.74) is 6.85. The summed E-state index contributed by atoms with van der Waals surface area (Å²) in [6.45, 7) is 7.57. The average molecular weight is 191 g/mol. The van der Waals surface area contributed by atoms with Gasteiger partial charge in [0.2, 0.25) is 0 Å². The van der Waals surface area contributed by atoms with Crippen LogP contribution in [0.15, 0.2) is 36.9 Å². The Bertz CT molecular complexity index is 307. The minimum Gasteiger partial charge on any atom is -0.486 e. The highest BCUT2D eigenvalue weighted by Gasteiger charge is 2.08. The molecule has 0 fully saturated rings. The van der Waals surface area contributed by atoms with E-state index in [9.17, 15) is 0 Å². The maximum Gasteiger partial charge on any atom is 0.124 e. The van der Waals surface area contributed by atoms with Crippen LogP contribution in [0, 0.1) is 0 Å². The number of ether oxygens (including phenoxy) is 1. The molecule has 0 heterocycles. The largest absolute Gasteiger partial charge is 0.486 e. The molecular formula is C12H17NO. The molecule has 0 aliphatic rings. The summed E-state index contributed by atoms with van der Waals surface area (Å²) in [7, 11) is 0. The molecule has 14 heavy (non-hydrogen) atoms. The van der Waals surface area contributed by atoms with Gasteiger partial charge in [0.05, 0.1) is 0 Å². The van der Waals surface area contributed by atoms with E-state index in [2.05, 4.69) is 6.58 Å². The van der Waals surface area contributed by atoms with Crippen LogP contribution in [0.25, 0.3) is 0 Å². The van der Waals surface area contributed by atoms with Crippen molar-refractivity contribution in [2.75, 3.05) is 0 Å². The molecule has 0 bridgehead atoms. The zero-order chi connectivity index (χ0) is 10.6. The van der Waals surface area contributed by atoms with Crippen molar-refractivity contribution < 1.29 is 4.74 Å². The van der Waals surface area contributed by atoms with Crippen LogP contribution in [0.1, 0.15) is 25.5 Å². The molecule has 0 saturated carbocycles. The molecule has 0 aliphatic carbocycles. The molecule has 76 valence electrons. The molecule has 0 aromatic heterocycles. The molecule has 0 radical (unpaired) electrons. The van der Waals surface area contributed by atoms with Gasteiger partial charge in [0.15, 0.2) is 0 Å². The van der Waals surface area contributed by atoms with Crippen LogP contribution in [-0.4, -0.2) is 6.10 Å². The topological polar surface area (TPSA) is 35.2 Å². The van der Waals surface area contributed by atoms with Gasteiger partial charge in [0.1, 0.15) is 11.9 Å². The van der Waals surface area contributed by atoms with Crippen molar-refractivity contribution in [1.29, 1.82) is 0 Å². The van der Waals surface area contributed by atoms with E-state index in [1.807, 2.05) is 38.1 Å². The molecule has 1 aromatic rings. The first-order valence-electron chi connectivity index (χ1n) is 4.79. The van der Waals surface area contributed by atoms with Crippen molar-refractivity contribution >= 4 is 0 Å². The van der Waals surface area contributed by atoms with Gasteiger partial charge < -0.3 is 10.5 Å². The van der Waals surface area contributed by atoms with Crippen LogP contribution in [0.5, 0.6) is 5.75 Å². The third-order valence-corrected chi connectivity index (χ3v) is 2.05. The molecule has 2 nitrogen and oxygen atoms in total. The van der Waals surface area contributed by atoms with Crippen LogP contribution in [0.4, 0.5) is 0 Å². The van der Waals surface area contributed by atoms with Gasteiger partial charge in [-0.15, -0.1) is 0 Å². The zero-order valence-corrected chi connectivity index (χ0v) is 8.73. The maximum atomic E-state index is 5.83. The third-order valence-electron chi connectivity index (χ3n) is 2.05. The third kappa shape index (κ3) is 2.60. The molecule has 1 rings (SSSR count). The van der Waals surface area contributed by atoms with Crippen LogP contribution >= 0.6 is 0 Å². The molecule has 0 saturated heterocycles. The van der Waals surface area contributed by atoms with E-state index in [1.165, 1.54) is 0 Å². The lowest BCUT2D eigenvalue weighted by Crippen LogP contribution is -2.12. The molecular weight excluding hydrogens is 174 g/mol. The summed E-state index contributed by atoms with van der Waals surface area (Å²) in [4.78, 5) is 0. The Hall–Kier alpha value is -1.28. The van der Waals surface area contributed by atoms with Crippen molar-refractivity contribution in [2.24, 2.45) is 5.73 Å². The number of benzene rings is 1. The summed E-state index contributed by atoms with van der Waals surface area (Å²) >= 11 is 0. The molecule has 1 unspecified atom stereocenters. The second-order valence-corrected chi connectivity index (χ2v) is 3.39. The highest BCUT2D eigenvalue weighted by atomic mass is 16.5. The van der Waals surface area contributed by atoms with Crippen molar-refractivity contribution in [3.05, 3.63) is 42.5 Å². The normalized spacial score (nSPS) is 14.5. The van der Waals surface area contributed by atoms with Crippen molar-refractivity contribution in [3.8, 4) is 5.75 Å². The van der Waals surface area contributed by atoms with Gasteiger partial charge in [-0.2, -0.15) is 0 Å². The quantitative estimate of drug-likeness (QED) is 0.742. The number of nitrogens with two attached hydrogens (primary N) is 1. The second kappa shape index (κ2) is 4.82. The van der Waals surface area contributed by atoms with Crippen molar-refractivity contribution in [3.63, 3.8) is 0 Å². The van der Waals surface area contributed by atoms with Crippen LogP contribution in [0.3, 0.4) is 0 Å². The maximum absolute atomic E-state index is 5.83. The summed E-state index contributed by atoms with van der Waals surface area (Å²) in [5.74, 6) is 0.843. The molecule has 2 N–H and O–H groups in total. The highest BCUT2D eigenvalue weighted by Crippen LogP contribution is 2.24. The first-order valence-corrected chi connectivity index (χ1v) is 4.79. The van der Waals surface area contributed by atoms with Gasteiger partial charge in [0.25, 0.3) is 0 Å². The predicted octanol–water partition coefficient (Wildman–Crippen LogP) is 2.66. The van der Waals surface area contributed by atoms with Crippen molar-refractivity contribution in [2.45, 2.75) is 26.0 Å². The van der Waals surface area contributed by atoms with Gasteiger partial charge in [-0.25, -0.2) is 0 Å². The first kappa shape index (κ1) is 10.8. The van der Waals surface area contributed by atoms with Gasteiger partial charge >= 0.3 is 0 Å². The molecule has 2 heteroatoms. The Balaban J connectivity index is 2.89. The van der Waals surface area contributed by atoms with E-state index >= 15 is 0 Å². The highest BCUT2D eigenvalue weighted by molar-refractivity contribution is 5.35. The van der Waals surface area contributed by atoms with E-state index in [0.717, 1.165) is 11.3 Å². The zero-order valence-electron chi connectivity index (χ0n) is 8.73. The average Bonchev–Trinajstić information content (AvgIpc) is 2.18. The SMILES string of the molecule is C=CC(C)Oc1ccccc1[C@H](C)N. The Kier molecular flexibility index (Phi) is 3.72. The summed E-state index contributed by atoms with van der Waals surface area (Å²) in [6, 6.07) is 7.80. The fourth-order valence-electron chi connectivity index (χ4n) is 1.21. The van der Waals surface area contributed by atoms with E-state index in [4.69, 9.17) is 10.5 Å². The Morgan fingerprint density at radius 3 is 2.57 bits per heavy atom. The Morgan fingerprint density at radius 1 is 1.36 bits per heavy atom. The number of hydrogen-bond donors (Lipinski definition) is 1. The first-order chi connectivity index (χ1) is 6.65. The predicted molar refractivity (Wildman–Crippen MR) is 59.3 cm³/mol. The van der Waals surface area contributed by atoms with Gasteiger partial charge in [-0.1, -0.05) is 30.9 Å². The van der Waals surface area contributed by atoms with Gasteiger partial charge in [-0.05, 0) is 19.9 Å². The van der Waals surface area contributed by atoms with E-state index in [1.54, 1.807) is 6.08 Å². The van der Waals surface area contributed by atoms with Crippen molar-refractivity contribution in [1.82, 2.24) is 0 Å². The van der Waals surface area contributed by atoms with E-state index in [0.29, 0.717) is 0 Å². The van der Waals surface area contributed by atoms with Crippen LogP contribution in [0.2, 0.25) is 0 Å². The summed E-state index contributed by atoms with van der Waals surface area (Å²) in [6.07, 6.45) is 1.77. The molecule has 0 amide bonds. The minimum absolute atomic E-state index is 0.00917. The minimum atomic E-state index is -0.0109. The molecule has 2 atom stereocenters.